The monoisotopic (exact) mass is 382 g/mol. The number of hydrogen-bond acceptors (Lipinski definition) is 4. The van der Waals surface area contributed by atoms with Crippen LogP contribution in [0.4, 0.5) is 0 Å². The fourth-order valence-electron chi connectivity index (χ4n) is 4.45. The van der Waals surface area contributed by atoms with Crippen LogP contribution in [0.1, 0.15) is 66.2 Å². The molecule has 2 aromatic rings. The topological polar surface area (TPSA) is 55.6 Å². The molecule has 2 atom stereocenters. The maximum atomic E-state index is 13.2. The van der Waals surface area contributed by atoms with Gasteiger partial charge in [-0.1, -0.05) is 50.2 Å². The number of fused-ring (bicyclic) bond motifs is 2. The van der Waals surface area contributed by atoms with Gasteiger partial charge in [-0.05, 0) is 41.7 Å². The highest BCUT2D eigenvalue weighted by molar-refractivity contribution is 5.93. The van der Waals surface area contributed by atoms with Gasteiger partial charge in [0.2, 0.25) is 0 Å². The van der Waals surface area contributed by atoms with Crippen LogP contribution in [0.3, 0.4) is 0 Å². The zero-order valence-corrected chi connectivity index (χ0v) is 17.3. The summed E-state index contributed by atoms with van der Waals surface area (Å²) in [5, 5.41) is 4.17. The SMILES string of the molecule is CN(C[C@H]1OCCc2ccccc21)C(=O)c1noc2c1C[C@@H](C(C)(C)C)CC2. The Morgan fingerprint density at radius 1 is 1.25 bits per heavy atom. The first kappa shape index (κ1) is 19.2. The molecule has 0 unspecified atom stereocenters. The summed E-state index contributed by atoms with van der Waals surface area (Å²) in [6.45, 7) is 8.00. The Bertz CT molecular complexity index is 865. The molecule has 5 heteroatoms. The van der Waals surface area contributed by atoms with Crippen LogP contribution >= 0.6 is 0 Å². The van der Waals surface area contributed by atoms with Crippen LogP contribution in [-0.4, -0.2) is 36.2 Å². The van der Waals surface area contributed by atoms with Crippen LogP contribution < -0.4 is 0 Å². The van der Waals surface area contributed by atoms with Gasteiger partial charge in [-0.25, -0.2) is 0 Å². The fraction of sp³-hybridized carbons (Fsp3) is 0.565. The lowest BCUT2D eigenvalue weighted by Gasteiger charge is -2.33. The minimum atomic E-state index is -0.0936. The molecule has 1 amide bonds. The summed E-state index contributed by atoms with van der Waals surface area (Å²) in [6, 6.07) is 8.34. The molecule has 1 aliphatic carbocycles. The van der Waals surface area contributed by atoms with E-state index in [1.807, 2.05) is 13.1 Å². The Balaban J connectivity index is 1.51. The Morgan fingerprint density at radius 3 is 2.82 bits per heavy atom. The lowest BCUT2D eigenvalue weighted by molar-refractivity contribution is 0.0197. The van der Waals surface area contributed by atoms with E-state index in [4.69, 9.17) is 9.26 Å². The molecule has 4 rings (SSSR count). The molecule has 150 valence electrons. The molecular formula is C23H30N2O3. The van der Waals surface area contributed by atoms with Gasteiger partial charge < -0.3 is 14.2 Å². The van der Waals surface area contributed by atoms with Crippen molar-refractivity contribution in [1.29, 1.82) is 0 Å². The first-order valence-corrected chi connectivity index (χ1v) is 10.3. The maximum Gasteiger partial charge on any atom is 0.276 e. The molecule has 0 N–H and O–H groups in total. The van der Waals surface area contributed by atoms with Gasteiger partial charge in [-0.2, -0.15) is 0 Å². The highest BCUT2D eigenvalue weighted by Gasteiger charge is 2.35. The summed E-state index contributed by atoms with van der Waals surface area (Å²) in [6.07, 6.45) is 3.64. The molecule has 1 aromatic carbocycles. The molecule has 0 radical (unpaired) electrons. The summed E-state index contributed by atoms with van der Waals surface area (Å²) >= 11 is 0. The fourth-order valence-corrected chi connectivity index (χ4v) is 4.45. The van der Waals surface area contributed by atoms with Crippen LogP contribution in [0.5, 0.6) is 0 Å². The molecule has 2 heterocycles. The first-order chi connectivity index (χ1) is 13.3. The van der Waals surface area contributed by atoms with E-state index < -0.39 is 0 Å². The number of carbonyl (C=O) groups excluding carboxylic acids is 1. The smallest absolute Gasteiger partial charge is 0.276 e. The van der Waals surface area contributed by atoms with Crippen molar-refractivity contribution in [2.45, 2.75) is 52.6 Å². The van der Waals surface area contributed by atoms with E-state index in [0.717, 1.165) is 37.0 Å². The third-order valence-electron chi connectivity index (χ3n) is 6.35. The van der Waals surface area contributed by atoms with E-state index in [9.17, 15) is 4.79 Å². The third-order valence-corrected chi connectivity index (χ3v) is 6.35. The standard InChI is InChI=1S/C23H30N2O3/c1-23(2,3)16-9-10-19-18(13-16)21(24-28-19)22(26)25(4)14-20-17-8-6-5-7-15(17)11-12-27-20/h5-8,16,20H,9-14H2,1-4H3/t16-,20+/m0/s1. The van der Waals surface area contributed by atoms with E-state index in [1.165, 1.54) is 11.1 Å². The summed E-state index contributed by atoms with van der Waals surface area (Å²) in [5.74, 6) is 1.34. The van der Waals surface area contributed by atoms with Crippen LogP contribution in [0.25, 0.3) is 0 Å². The van der Waals surface area contributed by atoms with E-state index in [-0.39, 0.29) is 17.4 Å². The van der Waals surface area contributed by atoms with Gasteiger partial charge in [0.15, 0.2) is 5.69 Å². The lowest BCUT2D eigenvalue weighted by Crippen LogP contribution is -2.35. The largest absolute Gasteiger partial charge is 0.371 e. The van der Waals surface area contributed by atoms with Crippen molar-refractivity contribution in [3.05, 3.63) is 52.4 Å². The average Bonchev–Trinajstić information content (AvgIpc) is 3.10. The Labute approximate surface area is 167 Å². The number of amides is 1. The second-order valence-electron chi connectivity index (χ2n) is 9.23. The van der Waals surface area contributed by atoms with Crippen molar-refractivity contribution >= 4 is 5.91 Å². The Hall–Kier alpha value is -2.14. The number of ether oxygens (including phenoxy) is 1. The molecule has 0 saturated carbocycles. The second kappa shape index (κ2) is 7.36. The molecule has 2 aliphatic rings. The number of aryl methyl sites for hydroxylation is 1. The Morgan fingerprint density at radius 2 is 2.04 bits per heavy atom. The number of nitrogens with zero attached hydrogens (tertiary/aromatic N) is 2. The molecule has 0 saturated heterocycles. The summed E-state index contributed by atoms with van der Waals surface area (Å²) < 4.78 is 11.5. The number of likely N-dealkylation sites (N-methyl/N-ethyl adjacent to an activating group) is 1. The van der Waals surface area contributed by atoms with E-state index in [1.54, 1.807) is 4.90 Å². The van der Waals surface area contributed by atoms with Gasteiger partial charge in [-0.15, -0.1) is 0 Å². The van der Waals surface area contributed by atoms with Gasteiger partial charge in [0, 0.05) is 19.0 Å². The minimum Gasteiger partial charge on any atom is -0.371 e. The zero-order valence-electron chi connectivity index (χ0n) is 17.3. The highest BCUT2D eigenvalue weighted by atomic mass is 16.5. The first-order valence-electron chi connectivity index (χ1n) is 10.3. The van der Waals surface area contributed by atoms with Gasteiger partial charge in [-0.3, -0.25) is 4.79 Å². The maximum absolute atomic E-state index is 13.2. The molecule has 0 bridgehead atoms. The molecule has 1 aliphatic heterocycles. The van der Waals surface area contributed by atoms with Crippen molar-refractivity contribution in [1.82, 2.24) is 10.1 Å². The van der Waals surface area contributed by atoms with E-state index >= 15 is 0 Å². The molecule has 0 fully saturated rings. The molecular weight excluding hydrogens is 352 g/mol. The van der Waals surface area contributed by atoms with E-state index in [0.29, 0.717) is 24.8 Å². The Kier molecular flexibility index (Phi) is 5.04. The zero-order chi connectivity index (χ0) is 19.9. The van der Waals surface area contributed by atoms with Gasteiger partial charge in [0.1, 0.15) is 11.9 Å². The van der Waals surface area contributed by atoms with Gasteiger partial charge in [0.25, 0.3) is 5.91 Å². The number of hydrogen-bond donors (Lipinski definition) is 0. The summed E-state index contributed by atoms with van der Waals surface area (Å²) in [5.41, 5.74) is 4.19. The molecule has 1 aromatic heterocycles. The van der Waals surface area contributed by atoms with Gasteiger partial charge >= 0.3 is 0 Å². The average molecular weight is 383 g/mol. The van der Waals surface area contributed by atoms with Crippen molar-refractivity contribution in [3.8, 4) is 0 Å². The van der Waals surface area contributed by atoms with Crippen LogP contribution in [-0.2, 0) is 24.0 Å². The van der Waals surface area contributed by atoms with E-state index in [2.05, 4.69) is 44.1 Å². The van der Waals surface area contributed by atoms with Crippen LogP contribution in [0.15, 0.2) is 28.8 Å². The third kappa shape index (κ3) is 3.60. The lowest BCUT2D eigenvalue weighted by atomic mass is 9.71. The number of carbonyl (C=O) groups is 1. The van der Waals surface area contributed by atoms with Crippen LogP contribution in [0.2, 0.25) is 0 Å². The minimum absolute atomic E-state index is 0.0776. The normalized spacial score (nSPS) is 21.7. The quantitative estimate of drug-likeness (QED) is 0.798. The second-order valence-corrected chi connectivity index (χ2v) is 9.23. The van der Waals surface area contributed by atoms with Crippen molar-refractivity contribution < 1.29 is 14.1 Å². The number of aromatic nitrogens is 1. The highest BCUT2D eigenvalue weighted by Crippen LogP contribution is 2.38. The van der Waals surface area contributed by atoms with Crippen molar-refractivity contribution in [3.63, 3.8) is 0 Å². The summed E-state index contributed by atoms with van der Waals surface area (Å²) in [4.78, 5) is 14.9. The van der Waals surface area contributed by atoms with Gasteiger partial charge in [0.05, 0.1) is 13.2 Å². The molecule has 0 spiro atoms. The number of benzene rings is 1. The predicted molar refractivity (Wildman–Crippen MR) is 107 cm³/mol. The van der Waals surface area contributed by atoms with Crippen molar-refractivity contribution in [2.24, 2.45) is 11.3 Å². The number of rotatable bonds is 3. The summed E-state index contributed by atoms with van der Waals surface area (Å²) in [7, 11) is 1.83. The van der Waals surface area contributed by atoms with Crippen molar-refractivity contribution in [2.75, 3.05) is 20.2 Å². The van der Waals surface area contributed by atoms with Crippen LogP contribution in [0, 0.1) is 11.3 Å². The molecule has 28 heavy (non-hydrogen) atoms. The molecule has 5 nitrogen and oxygen atoms in total. The predicted octanol–water partition coefficient (Wildman–Crippen LogP) is 4.21.